The number of piperidine rings is 1. The Bertz CT molecular complexity index is 1240. The quantitative estimate of drug-likeness (QED) is 0.664. The number of fused-ring (bicyclic) bond motifs is 1. The van der Waals surface area contributed by atoms with Crippen molar-refractivity contribution in [2.45, 2.75) is 19.3 Å². The molecule has 2 aliphatic rings. The van der Waals surface area contributed by atoms with Crippen molar-refractivity contribution >= 4 is 40.0 Å². The lowest BCUT2D eigenvalue weighted by Crippen LogP contribution is -2.46. The summed E-state index contributed by atoms with van der Waals surface area (Å²) in [5.74, 6) is 0.0590. The van der Waals surface area contributed by atoms with Gasteiger partial charge < -0.3 is 14.8 Å². The predicted octanol–water partition coefficient (Wildman–Crippen LogP) is 3.84. The van der Waals surface area contributed by atoms with E-state index in [1.54, 1.807) is 24.3 Å². The molecule has 0 saturated carbocycles. The van der Waals surface area contributed by atoms with Gasteiger partial charge in [0.1, 0.15) is 0 Å². The van der Waals surface area contributed by atoms with Crippen LogP contribution in [0.3, 0.4) is 0 Å². The van der Waals surface area contributed by atoms with Gasteiger partial charge in [0.25, 0.3) is 5.91 Å². The number of hydrogen-bond acceptors (Lipinski definition) is 3. The number of carbonyl (C=O) groups is 2. The van der Waals surface area contributed by atoms with Gasteiger partial charge in [-0.25, -0.2) is 0 Å². The van der Waals surface area contributed by atoms with Gasteiger partial charge in [-0.2, -0.15) is 0 Å². The molecule has 2 aromatic carbocycles. The third kappa shape index (κ3) is 3.51. The highest BCUT2D eigenvalue weighted by Gasteiger charge is 2.49. The van der Waals surface area contributed by atoms with Crippen LogP contribution in [-0.4, -0.2) is 41.3 Å². The second-order valence-corrected chi connectivity index (χ2v) is 8.82. The van der Waals surface area contributed by atoms with Crippen molar-refractivity contribution < 1.29 is 9.59 Å². The van der Waals surface area contributed by atoms with Crippen molar-refractivity contribution in [3.8, 4) is 0 Å². The number of hydrogen-bond donors (Lipinski definition) is 1. The van der Waals surface area contributed by atoms with Crippen LogP contribution < -0.4 is 10.5 Å². The Balaban J connectivity index is 1.30. The minimum atomic E-state index is -0.409. The smallest absolute Gasteiger partial charge is 0.253 e. The number of rotatable bonds is 2. The second-order valence-electron chi connectivity index (χ2n) is 8.38. The molecule has 0 aliphatic carbocycles. The van der Waals surface area contributed by atoms with E-state index in [4.69, 9.17) is 11.6 Å². The minimum absolute atomic E-state index is 0.0707. The molecule has 2 amide bonds. The Morgan fingerprint density at radius 3 is 2.45 bits per heavy atom. The molecule has 6 nitrogen and oxygen atoms in total. The maximum atomic E-state index is 13.3. The number of benzene rings is 2. The number of anilines is 1. The molecule has 2 aliphatic heterocycles. The maximum absolute atomic E-state index is 13.3. The Hall–Kier alpha value is -3.12. The highest BCUT2D eigenvalue weighted by Crippen LogP contribution is 2.43. The average molecular weight is 436 g/mol. The molecular weight excluding hydrogens is 414 g/mol. The fourth-order valence-corrected chi connectivity index (χ4v) is 4.96. The molecule has 1 N–H and O–H groups in total. The fraction of sp³-hybridized carbons (Fsp3) is 0.292. The highest BCUT2D eigenvalue weighted by molar-refractivity contribution is 6.31. The van der Waals surface area contributed by atoms with Gasteiger partial charge in [-0.15, -0.1) is 0 Å². The van der Waals surface area contributed by atoms with Crippen molar-refractivity contribution in [3.63, 3.8) is 0 Å². The van der Waals surface area contributed by atoms with Crippen molar-refractivity contribution in [1.29, 1.82) is 0 Å². The van der Waals surface area contributed by atoms with E-state index >= 15 is 0 Å². The Labute approximate surface area is 184 Å². The summed E-state index contributed by atoms with van der Waals surface area (Å²) in [6, 6.07) is 15.9. The van der Waals surface area contributed by atoms with Crippen LogP contribution in [0.2, 0.25) is 5.02 Å². The van der Waals surface area contributed by atoms with Gasteiger partial charge in [0, 0.05) is 47.5 Å². The zero-order valence-electron chi connectivity index (χ0n) is 16.9. The van der Waals surface area contributed by atoms with Gasteiger partial charge in [-0.1, -0.05) is 23.7 Å². The van der Waals surface area contributed by atoms with Gasteiger partial charge in [0.15, 0.2) is 0 Å². The van der Waals surface area contributed by atoms with Gasteiger partial charge in [0.2, 0.25) is 11.5 Å². The zero-order chi connectivity index (χ0) is 21.6. The normalized spacial score (nSPS) is 18.2. The van der Waals surface area contributed by atoms with E-state index in [1.807, 2.05) is 34.1 Å². The van der Waals surface area contributed by atoms with E-state index in [0.29, 0.717) is 48.6 Å². The Morgan fingerprint density at radius 1 is 0.935 bits per heavy atom. The van der Waals surface area contributed by atoms with Crippen molar-refractivity contribution in [1.82, 2.24) is 9.88 Å². The molecule has 1 aromatic heterocycles. The van der Waals surface area contributed by atoms with Gasteiger partial charge >= 0.3 is 0 Å². The first-order valence-corrected chi connectivity index (χ1v) is 10.8. The van der Waals surface area contributed by atoms with E-state index in [-0.39, 0.29) is 17.4 Å². The summed E-state index contributed by atoms with van der Waals surface area (Å²) in [6.07, 6.45) is 2.09. The van der Waals surface area contributed by atoms with E-state index in [1.165, 1.54) is 6.07 Å². The average Bonchev–Trinajstić information content (AvgIpc) is 3.09. The first-order chi connectivity index (χ1) is 14.9. The SMILES string of the molecule is O=C(c1ccc2ccc(=O)[nH]c2c1)N1CCC2(CC1)CCN(c1cccc(Cl)c1)C2=O. The molecule has 2 saturated heterocycles. The number of aromatic nitrogens is 1. The lowest BCUT2D eigenvalue weighted by molar-refractivity contribution is -0.127. The molecule has 31 heavy (non-hydrogen) atoms. The molecule has 0 atom stereocenters. The molecule has 5 rings (SSSR count). The number of carbonyl (C=O) groups excluding carboxylic acids is 2. The molecule has 1 spiro atoms. The Morgan fingerprint density at radius 2 is 1.68 bits per heavy atom. The number of nitrogens with one attached hydrogen (secondary N) is 1. The van der Waals surface area contributed by atoms with Crippen LogP contribution in [0.5, 0.6) is 0 Å². The van der Waals surface area contributed by atoms with E-state index in [9.17, 15) is 14.4 Å². The summed E-state index contributed by atoms with van der Waals surface area (Å²) in [5.41, 5.74) is 1.42. The minimum Gasteiger partial charge on any atom is -0.339 e. The Kier molecular flexibility index (Phi) is 4.82. The summed E-state index contributed by atoms with van der Waals surface area (Å²) >= 11 is 6.10. The van der Waals surface area contributed by atoms with Crippen molar-refractivity contribution in [2.75, 3.05) is 24.5 Å². The number of amides is 2. The van der Waals surface area contributed by atoms with Crippen LogP contribution in [0.15, 0.2) is 59.4 Å². The second kappa shape index (κ2) is 7.54. The maximum Gasteiger partial charge on any atom is 0.253 e. The molecule has 0 bridgehead atoms. The highest BCUT2D eigenvalue weighted by atomic mass is 35.5. The van der Waals surface area contributed by atoms with Crippen LogP contribution in [0, 0.1) is 5.41 Å². The molecule has 158 valence electrons. The first-order valence-electron chi connectivity index (χ1n) is 10.5. The van der Waals surface area contributed by atoms with Crippen molar-refractivity contribution in [3.05, 3.63) is 75.5 Å². The summed E-state index contributed by atoms with van der Waals surface area (Å²) in [4.78, 5) is 44.3. The lowest BCUT2D eigenvalue weighted by Gasteiger charge is -2.38. The van der Waals surface area contributed by atoms with Crippen LogP contribution in [0.25, 0.3) is 10.9 Å². The topological polar surface area (TPSA) is 73.5 Å². The van der Waals surface area contributed by atoms with E-state index in [2.05, 4.69) is 4.98 Å². The largest absolute Gasteiger partial charge is 0.339 e. The monoisotopic (exact) mass is 435 g/mol. The molecule has 0 unspecified atom stereocenters. The molecular formula is C24H22ClN3O3. The number of H-pyrrole nitrogens is 1. The zero-order valence-corrected chi connectivity index (χ0v) is 17.7. The third-order valence-corrected chi connectivity index (χ3v) is 6.85. The number of nitrogens with zero attached hydrogens (tertiary/aromatic N) is 2. The molecule has 3 heterocycles. The molecule has 0 radical (unpaired) electrons. The number of halogens is 1. The standard InChI is InChI=1S/C24H22ClN3O3/c25-18-2-1-3-19(15-18)28-13-10-24(23(28)31)8-11-27(12-9-24)22(30)17-5-4-16-6-7-21(29)26-20(16)14-17/h1-7,14-15H,8-13H2,(H,26,29). The molecule has 2 fully saturated rings. The predicted molar refractivity (Wildman–Crippen MR) is 121 cm³/mol. The van der Waals surface area contributed by atoms with Crippen LogP contribution in [0.1, 0.15) is 29.6 Å². The van der Waals surface area contributed by atoms with Gasteiger partial charge in [-0.3, -0.25) is 14.4 Å². The summed E-state index contributed by atoms with van der Waals surface area (Å²) in [5, 5.41) is 1.50. The van der Waals surface area contributed by atoms with Crippen LogP contribution >= 0.6 is 11.6 Å². The first kappa shape index (κ1) is 19.8. The summed E-state index contributed by atoms with van der Waals surface area (Å²) in [7, 11) is 0. The number of likely N-dealkylation sites (tertiary alicyclic amines) is 1. The summed E-state index contributed by atoms with van der Waals surface area (Å²) in [6.45, 7) is 1.75. The third-order valence-electron chi connectivity index (χ3n) is 6.61. The molecule has 7 heteroatoms. The number of aromatic amines is 1. The van der Waals surface area contributed by atoms with Crippen molar-refractivity contribution in [2.24, 2.45) is 5.41 Å². The lowest BCUT2D eigenvalue weighted by atomic mass is 9.77. The van der Waals surface area contributed by atoms with Gasteiger partial charge in [-0.05, 0) is 61.0 Å². The summed E-state index contributed by atoms with van der Waals surface area (Å²) < 4.78 is 0. The van der Waals surface area contributed by atoms with Crippen LogP contribution in [0.4, 0.5) is 5.69 Å². The van der Waals surface area contributed by atoms with Crippen LogP contribution in [-0.2, 0) is 4.79 Å². The number of pyridine rings is 1. The van der Waals surface area contributed by atoms with Gasteiger partial charge in [0.05, 0.1) is 5.41 Å². The van der Waals surface area contributed by atoms with E-state index in [0.717, 1.165) is 17.5 Å². The fourth-order valence-electron chi connectivity index (χ4n) is 4.78. The molecule has 3 aromatic rings. The van der Waals surface area contributed by atoms with E-state index < -0.39 is 5.41 Å².